The molecular weight excluding hydrogens is 907 g/mol. The predicted octanol–water partition coefficient (Wildman–Crippen LogP) is -10.1. The molecule has 3 nitrogen and oxygen atoms in total. The fourth-order valence-corrected chi connectivity index (χ4v) is 14.2. The van der Waals surface area contributed by atoms with Crippen LogP contribution in [0.2, 0.25) is 0 Å². The first kappa shape index (κ1) is 48.3. The van der Waals surface area contributed by atoms with Gasteiger partial charge < -0.3 is 4.57 Å². The number of thiophene rings is 3. The maximum Gasteiger partial charge on any atom is 0.116 e. The Labute approximate surface area is 452 Å². The highest BCUT2D eigenvalue weighted by molar-refractivity contribution is 7.29. The third kappa shape index (κ3) is 6.12. The molecule has 5 heterocycles. The average Bonchev–Trinajstić information content (AvgIpc) is 4.14. The third-order valence-corrected chi connectivity index (χ3v) is 17.6. The third-order valence-electron chi connectivity index (χ3n) is 13.9. The van der Waals surface area contributed by atoms with Gasteiger partial charge in [0.1, 0.15) is 163 Å². The maximum atomic E-state index is 7.23. The van der Waals surface area contributed by atoms with E-state index >= 15 is 0 Å². The summed E-state index contributed by atoms with van der Waals surface area (Å²) in [6, 6.07) is 7.33. The van der Waals surface area contributed by atoms with Crippen molar-refractivity contribution in [1.29, 1.82) is 0 Å². The molecule has 7 aromatic carbocycles. The molecule has 0 unspecified atom stereocenters. The van der Waals surface area contributed by atoms with Gasteiger partial charge >= 0.3 is 0 Å². The Hall–Kier alpha value is -4.62. The number of hydrogen-bond donors (Lipinski definition) is 0. The van der Waals surface area contributed by atoms with Crippen molar-refractivity contribution >= 4 is 383 Å². The molecule has 282 valence electrons. The van der Waals surface area contributed by atoms with E-state index in [1.54, 1.807) is 6.07 Å². The van der Waals surface area contributed by atoms with E-state index in [0.717, 1.165) is 4.70 Å². The molecule has 0 bridgehead atoms. The van der Waals surface area contributed by atoms with Crippen LogP contribution in [0.25, 0.3) is 111 Å². The summed E-state index contributed by atoms with van der Waals surface area (Å²) in [5.41, 5.74) is 6.53. The molecule has 26 heteroatoms. The van der Waals surface area contributed by atoms with Crippen LogP contribution in [-0.2, 0) is 0 Å². The van der Waals surface area contributed by atoms with Gasteiger partial charge in [-0.1, -0.05) is 77.1 Å². The number of benzene rings is 7. The highest BCUT2D eigenvalue weighted by Crippen LogP contribution is 2.43. The summed E-state index contributed by atoms with van der Waals surface area (Å²) in [6.07, 6.45) is 1.42. The van der Waals surface area contributed by atoms with Crippen molar-refractivity contribution in [3.63, 3.8) is 0 Å². The first-order chi connectivity index (χ1) is 34.1. The van der Waals surface area contributed by atoms with Crippen molar-refractivity contribution in [1.82, 2.24) is 14.5 Å². The topological polar surface area (TPSA) is 30.7 Å². The molecule has 0 aliphatic heterocycles. The number of hydrogen-bond acceptors (Lipinski definition) is 5. The lowest BCUT2D eigenvalue weighted by Gasteiger charge is -2.23. The second kappa shape index (κ2) is 16.4. The zero-order valence-corrected chi connectivity index (χ0v) is 39.9. The fraction of sp³-hybridized carbons (Fsp3) is 0. The zero-order chi connectivity index (χ0) is 51.3. The number of aromatic nitrogens is 3. The lowest BCUT2D eigenvalue weighted by atomic mass is 9.62. The summed E-state index contributed by atoms with van der Waals surface area (Å²) in [4.78, 5) is 9.58. The van der Waals surface area contributed by atoms with Crippen molar-refractivity contribution in [2.24, 2.45) is 0 Å². The zero-order valence-electron chi connectivity index (χ0n) is 37.5. The van der Waals surface area contributed by atoms with Gasteiger partial charge in [0.05, 0.1) is 15.9 Å². The minimum Gasteiger partial charge on any atom is -0.310 e. The average molecular weight is 912 g/mol. The molecule has 0 amide bonds. The smallest absolute Gasteiger partial charge is 0.116 e. The minimum atomic E-state index is 0.0637. The monoisotopic (exact) mass is 915 g/mol. The normalized spacial score (nSPS) is 12.2. The summed E-state index contributed by atoms with van der Waals surface area (Å²) < 4.78 is 5.54. The first-order valence-electron chi connectivity index (χ1n) is 21.4. The molecule has 0 fully saturated rings. The van der Waals surface area contributed by atoms with E-state index < -0.39 is 0 Å². The van der Waals surface area contributed by atoms with Gasteiger partial charge in [0, 0.05) is 56.4 Å². The Morgan fingerprint density at radius 2 is 0.792 bits per heavy atom. The van der Waals surface area contributed by atoms with E-state index in [-0.39, 0.29) is 109 Å². The molecule has 72 heavy (non-hydrogen) atoms. The van der Waals surface area contributed by atoms with Crippen molar-refractivity contribution in [3.05, 3.63) is 30.6 Å². The van der Waals surface area contributed by atoms with Crippen molar-refractivity contribution < 1.29 is 0 Å². The van der Waals surface area contributed by atoms with Gasteiger partial charge in [0.2, 0.25) is 0 Å². The Bertz CT molecular complexity index is 4590. The van der Waals surface area contributed by atoms with Crippen LogP contribution in [0.3, 0.4) is 0 Å². The molecule has 5 aromatic heterocycles. The summed E-state index contributed by atoms with van der Waals surface area (Å²) in [5.74, 6) is 0. The Morgan fingerprint density at radius 3 is 1.40 bits per heavy atom. The lowest BCUT2D eigenvalue weighted by Crippen LogP contribution is -2.48. The number of nitrogens with zero attached hydrogens (tertiary/aromatic N) is 3. The minimum absolute atomic E-state index is 0.0637. The Balaban J connectivity index is 1.13. The van der Waals surface area contributed by atoms with Crippen LogP contribution >= 0.6 is 34.0 Å². The van der Waals surface area contributed by atoms with Crippen molar-refractivity contribution in [2.75, 3.05) is 0 Å². The standard InChI is InChI=1S/C46H5B20N3S3/c47-8-4-9(48)12(20(49)11(8)14-22(51)27(56)23(52)15-17-24(53)29(58)32(61)36(65)44(17)71-42(14)15)39-46-38(67-5-68-39)7-3-6(1-2-10(7)70-46)69-40-13(21(50)28(57)31(60)35(40)64)19-41(69)34(63)26(55)16-18-25(54)30(59)33(62)37(66)45(18)72-43(16)19/h1-5H. The van der Waals surface area contributed by atoms with Crippen LogP contribution in [0.15, 0.2) is 30.6 Å². The second-order valence-corrected chi connectivity index (χ2v) is 20.7. The molecule has 0 saturated carbocycles. The van der Waals surface area contributed by atoms with Crippen LogP contribution in [0.5, 0.6) is 0 Å². The maximum absolute atomic E-state index is 7.23. The van der Waals surface area contributed by atoms with E-state index in [1.807, 2.05) is 22.8 Å². The quantitative estimate of drug-likeness (QED) is 0.165. The number of rotatable bonds is 3. The van der Waals surface area contributed by atoms with Crippen LogP contribution in [-0.4, -0.2) is 171 Å². The highest BCUT2D eigenvalue weighted by atomic mass is 32.1. The number of fused-ring (bicyclic) bond motifs is 13. The molecule has 0 spiro atoms. The highest BCUT2D eigenvalue weighted by Gasteiger charge is 2.28. The van der Waals surface area contributed by atoms with Gasteiger partial charge in [0.15, 0.2) is 0 Å². The first-order valence-corrected chi connectivity index (χ1v) is 23.9. The van der Waals surface area contributed by atoms with Crippen LogP contribution in [0, 0.1) is 0 Å². The molecule has 12 rings (SSSR count). The molecular formula is C46H5B20N3S3. The molecule has 0 aliphatic rings. The van der Waals surface area contributed by atoms with E-state index in [0.29, 0.717) is 106 Å². The van der Waals surface area contributed by atoms with Gasteiger partial charge in [-0.3, -0.25) is 0 Å². The summed E-state index contributed by atoms with van der Waals surface area (Å²) >= 11 is 3.94. The molecule has 0 N–H and O–H groups in total. The van der Waals surface area contributed by atoms with E-state index in [2.05, 4.69) is 0 Å². The van der Waals surface area contributed by atoms with Crippen LogP contribution in [0.4, 0.5) is 0 Å². The van der Waals surface area contributed by atoms with Crippen molar-refractivity contribution in [2.45, 2.75) is 0 Å². The fourth-order valence-electron chi connectivity index (χ4n) is 10.3. The summed E-state index contributed by atoms with van der Waals surface area (Å²) in [7, 11) is 134. The van der Waals surface area contributed by atoms with Gasteiger partial charge in [-0.2, -0.15) is 0 Å². The van der Waals surface area contributed by atoms with Crippen LogP contribution < -0.4 is 109 Å². The largest absolute Gasteiger partial charge is 0.310 e. The molecule has 0 aliphatic carbocycles. The molecule has 12 aromatic rings. The Kier molecular flexibility index (Phi) is 11.0. The SMILES string of the molecule is [B]c1cc([B])c(-c2c([B])c([B])c([B])c3c2sc2c([B])c([B])c([B])c([B])c23)c([B])c1-c1ncnc2c1sc1ccc(-n3c4c([B])c([B])c([B])c([B])c4c4c5sc6c([B])c([B])c([B])c([B])c6c5c([B])c([B])c43)cc12. The van der Waals surface area contributed by atoms with Gasteiger partial charge in [-0.05, 0) is 56.4 Å². The second-order valence-electron chi connectivity index (χ2n) is 17.6. The Morgan fingerprint density at radius 1 is 0.333 bits per heavy atom. The van der Waals surface area contributed by atoms with Crippen molar-refractivity contribution in [3.8, 4) is 28.1 Å². The van der Waals surface area contributed by atoms with E-state index in [9.17, 15) is 0 Å². The summed E-state index contributed by atoms with van der Waals surface area (Å²) in [5, 5.41) is 3.68. The van der Waals surface area contributed by atoms with E-state index in [4.69, 9.17) is 167 Å². The predicted molar refractivity (Wildman–Crippen MR) is 334 cm³/mol. The molecule has 0 saturated heterocycles. The van der Waals surface area contributed by atoms with E-state index in [1.165, 1.54) is 40.3 Å². The lowest BCUT2D eigenvalue weighted by molar-refractivity contribution is 1.20. The van der Waals surface area contributed by atoms with Gasteiger partial charge in [0.25, 0.3) is 0 Å². The molecule has 0 atom stereocenters. The summed E-state index contributed by atoms with van der Waals surface area (Å²) in [6.45, 7) is 0. The van der Waals surface area contributed by atoms with Crippen LogP contribution in [0.1, 0.15) is 0 Å². The van der Waals surface area contributed by atoms with Gasteiger partial charge in [-0.15, -0.1) is 72.2 Å². The van der Waals surface area contributed by atoms with Gasteiger partial charge in [-0.25, -0.2) is 9.97 Å². The molecule has 40 radical (unpaired) electrons.